The maximum Gasteiger partial charge on any atom is 0.244 e. The lowest BCUT2D eigenvalue weighted by atomic mass is 10.2. The van der Waals surface area contributed by atoms with E-state index in [0.29, 0.717) is 12.0 Å². The van der Waals surface area contributed by atoms with E-state index in [4.69, 9.17) is 5.73 Å². The normalized spacial score (nSPS) is 19.6. The Morgan fingerprint density at radius 2 is 1.79 bits per heavy atom. The first-order chi connectivity index (χ1) is 11.7. The maximum absolute atomic E-state index is 12.3. The topological polar surface area (TPSA) is 74.0 Å². The number of hydrogen-bond acceptors (Lipinski definition) is 3. The third-order valence-corrected chi connectivity index (χ3v) is 4.85. The van der Waals surface area contributed by atoms with Gasteiger partial charge in [0.05, 0.1) is 0 Å². The molecule has 24 heavy (non-hydrogen) atoms. The quantitative estimate of drug-likeness (QED) is 0.643. The van der Waals surface area contributed by atoms with Crippen LogP contribution in [0.5, 0.6) is 0 Å². The minimum Gasteiger partial charge on any atom is -0.370 e. The highest BCUT2D eigenvalue weighted by atomic mass is 16.2. The molecule has 1 saturated heterocycles. The van der Waals surface area contributed by atoms with Gasteiger partial charge >= 0.3 is 0 Å². The molecule has 0 radical (unpaired) electrons. The second kappa shape index (κ2) is 8.04. The van der Waals surface area contributed by atoms with Gasteiger partial charge in [-0.3, -0.25) is 4.79 Å². The number of nitrogens with zero attached hydrogens (tertiary/aromatic N) is 3. The van der Waals surface area contributed by atoms with Gasteiger partial charge in [0.15, 0.2) is 5.96 Å². The predicted octanol–water partition coefficient (Wildman–Crippen LogP) is 1.18. The highest BCUT2D eigenvalue weighted by Crippen LogP contribution is 2.17. The average molecular weight is 329 g/mol. The van der Waals surface area contributed by atoms with Crippen molar-refractivity contribution in [1.82, 2.24) is 10.2 Å². The number of aliphatic imine (C=N–C) groups is 1. The van der Waals surface area contributed by atoms with Gasteiger partial charge in [-0.25, -0.2) is 4.99 Å². The van der Waals surface area contributed by atoms with Gasteiger partial charge in [0.25, 0.3) is 0 Å². The fourth-order valence-electron chi connectivity index (χ4n) is 3.43. The smallest absolute Gasteiger partial charge is 0.244 e. The highest BCUT2D eigenvalue weighted by molar-refractivity contribution is 5.84. The summed E-state index contributed by atoms with van der Waals surface area (Å²) in [6.45, 7) is 3.32. The Morgan fingerprint density at radius 1 is 1.12 bits per heavy atom. The number of piperazine rings is 1. The zero-order valence-corrected chi connectivity index (χ0v) is 14.2. The Balaban J connectivity index is 1.43. The van der Waals surface area contributed by atoms with Crippen LogP contribution in [0.15, 0.2) is 35.3 Å². The Labute approximate surface area is 143 Å². The van der Waals surface area contributed by atoms with Gasteiger partial charge in [-0.05, 0) is 25.0 Å². The minimum absolute atomic E-state index is 0.0545. The van der Waals surface area contributed by atoms with Crippen LogP contribution in [0.4, 0.5) is 5.69 Å². The number of guanidine groups is 1. The van der Waals surface area contributed by atoms with E-state index in [9.17, 15) is 4.79 Å². The summed E-state index contributed by atoms with van der Waals surface area (Å²) < 4.78 is 0. The number of nitrogens with one attached hydrogen (secondary N) is 1. The van der Waals surface area contributed by atoms with Crippen molar-refractivity contribution in [2.75, 3.05) is 37.6 Å². The number of hydrogen-bond donors (Lipinski definition) is 2. The summed E-state index contributed by atoms with van der Waals surface area (Å²) in [7, 11) is 0. The Bertz CT molecular complexity index is 560. The first kappa shape index (κ1) is 16.6. The number of anilines is 1. The predicted molar refractivity (Wildman–Crippen MR) is 97.1 cm³/mol. The summed E-state index contributed by atoms with van der Waals surface area (Å²) in [5.41, 5.74) is 7.10. The molecular formula is C18H27N5O. The van der Waals surface area contributed by atoms with Crippen molar-refractivity contribution in [1.29, 1.82) is 0 Å². The third-order valence-electron chi connectivity index (χ3n) is 4.85. The zero-order chi connectivity index (χ0) is 16.8. The van der Waals surface area contributed by atoms with Gasteiger partial charge in [0.2, 0.25) is 5.91 Å². The molecule has 1 saturated carbocycles. The lowest BCUT2D eigenvalue weighted by Crippen LogP contribution is -2.49. The van der Waals surface area contributed by atoms with Crippen molar-refractivity contribution >= 4 is 17.6 Å². The molecule has 1 aliphatic carbocycles. The highest BCUT2D eigenvalue weighted by Gasteiger charge is 2.21. The Kier molecular flexibility index (Phi) is 5.56. The number of nitrogens with two attached hydrogens (primary N) is 1. The Hall–Kier alpha value is -2.24. The van der Waals surface area contributed by atoms with E-state index in [-0.39, 0.29) is 12.5 Å². The largest absolute Gasteiger partial charge is 0.370 e. The van der Waals surface area contributed by atoms with Gasteiger partial charge in [-0.2, -0.15) is 0 Å². The van der Waals surface area contributed by atoms with E-state index in [0.717, 1.165) is 39.0 Å². The standard InChI is InChI=1S/C18H27N5O/c19-18(21-15-6-4-5-7-15)20-14-17(24)23-12-10-22(11-13-23)16-8-2-1-3-9-16/h1-3,8-9,15H,4-7,10-14H2,(H3,19,20,21). The average Bonchev–Trinajstić information content (AvgIpc) is 3.13. The summed E-state index contributed by atoms with van der Waals surface area (Å²) in [5.74, 6) is 0.456. The van der Waals surface area contributed by atoms with Crippen molar-refractivity contribution in [3.63, 3.8) is 0 Å². The fourth-order valence-corrected chi connectivity index (χ4v) is 3.43. The summed E-state index contributed by atoms with van der Waals surface area (Å²) in [5, 5.41) is 3.21. The van der Waals surface area contributed by atoms with Crippen LogP contribution in [-0.4, -0.2) is 55.5 Å². The monoisotopic (exact) mass is 329 g/mol. The number of para-hydroxylation sites is 1. The number of carbonyl (C=O) groups is 1. The molecule has 1 aromatic carbocycles. The third kappa shape index (κ3) is 4.40. The molecule has 0 unspecified atom stereocenters. The molecule has 6 heteroatoms. The zero-order valence-electron chi connectivity index (χ0n) is 14.2. The van der Waals surface area contributed by atoms with Crippen LogP contribution >= 0.6 is 0 Å². The van der Waals surface area contributed by atoms with E-state index in [1.807, 2.05) is 23.1 Å². The van der Waals surface area contributed by atoms with Gasteiger partial charge < -0.3 is 20.9 Å². The van der Waals surface area contributed by atoms with E-state index in [1.54, 1.807) is 0 Å². The number of amides is 1. The molecule has 130 valence electrons. The molecular weight excluding hydrogens is 302 g/mol. The van der Waals surface area contributed by atoms with Crippen LogP contribution in [0, 0.1) is 0 Å². The maximum atomic E-state index is 12.3. The van der Waals surface area contributed by atoms with Crippen molar-refractivity contribution in [3.05, 3.63) is 30.3 Å². The number of rotatable bonds is 4. The van der Waals surface area contributed by atoms with Crippen molar-refractivity contribution in [2.24, 2.45) is 10.7 Å². The Morgan fingerprint density at radius 3 is 2.46 bits per heavy atom. The van der Waals surface area contributed by atoms with Gasteiger partial charge in [-0.1, -0.05) is 31.0 Å². The lowest BCUT2D eigenvalue weighted by molar-refractivity contribution is -0.129. The summed E-state index contributed by atoms with van der Waals surface area (Å²) in [4.78, 5) is 20.7. The van der Waals surface area contributed by atoms with E-state index in [1.165, 1.54) is 18.5 Å². The fraction of sp³-hybridized carbons (Fsp3) is 0.556. The van der Waals surface area contributed by atoms with E-state index in [2.05, 4.69) is 27.3 Å². The summed E-state index contributed by atoms with van der Waals surface area (Å²) in [6.07, 6.45) is 4.78. The minimum atomic E-state index is 0.0545. The molecule has 2 fully saturated rings. The van der Waals surface area contributed by atoms with Crippen LogP contribution < -0.4 is 16.0 Å². The molecule has 0 aromatic heterocycles. The number of carbonyl (C=O) groups excluding carboxylic acids is 1. The van der Waals surface area contributed by atoms with Crippen LogP contribution in [0.25, 0.3) is 0 Å². The summed E-state index contributed by atoms with van der Waals surface area (Å²) in [6, 6.07) is 10.8. The molecule has 1 aliphatic heterocycles. The first-order valence-corrected chi connectivity index (χ1v) is 8.86. The van der Waals surface area contributed by atoms with Crippen LogP contribution in [0.3, 0.4) is 0 Å². The second-order valence-electron chi connectivity index (χ2n) is 6.53. The van der Waals surface area contributed by atoms with Crippen LogP contribution in [0.1, 0.15) is 25.7 Å². The van der Waals surface area contributed by atoms with Gasteiger partial charge in [-0.15, -0.1) is 0 Å². The van der Waals surface area contributed by atoms with Crippen LogP contribution in [-0.2, 0) is 4.79 Å². The van der Waals surface area contributed by atoms with Crippen molar-refractivity contribution in [2.45, 2.75) is 31.7 Å². The molecule has 2 aliphatic rings. The number of benzene rings is 1. The second-order valence-corrected chi connectivity index (χ2v) is 6.53. The van der Waals surface area contributed by atoms with E-state index < -0.39 is 0 Å². The SMILES string of the molecule is NC(=NCC(=O)N1CCN(c2ccccc2)CC1)NC1CCCC1. The molecule has 6 nitrogen and oxygen atoms in total. The molecule has 3 N–H and O–H groups in total. The molecule has 1 amide bonds. The van der Waals surface area contributed by atoms with Crippen molar-refractivity contribution in [3.8, 4) is 0 Å². The molecule has 1 aromatic rings. The molecule has 1 heterocycles. The van der Waals surface area contributed by atoms with Crippen molar-refractivity contribution < 1.29 is 4.79 Å². The molecule has 3 rings (SSSR count). The van der Waals surface area contributed by atoms with E-state index >= 15 is 0 Å². The van der Waals surface area contributed by atoms with Gasteiger partial charge in [0.1, 0.15) is 6.54 Å². The van der Waals surface area contributed by atoms with Gasteiger partial charge in [0, 0.05) is 37.9 Å². The summed E-state index contributed by atoms with van der Waals surface area (Å²) >= 11 is 0. The first-order valence-electron chi connectivity index (χ1n) is 8.86. The van der Waals surface area contributed by atoms with Crippen LogP contribution in [0.2, 0.25) is 0 Å². The molecule has 0 bridgehead atoms. The molecule has 0 atom stereocenters. The lowest BCUT2D eigenvalue weighted by Gasteiger charge is -2.36. The molecule has 0 spiro atoms.